The van der Waals surface area contributed by atoms with E-state index >= 15 is 0 Å². The molecule has 0 aliphatic rings. The zero-order chi connectivity index (χ0) is 28.6. The number of aliphatic carboxylic acids is 1. The molecule has 0 spiro atoms. The standard InChI is InChI=1S/C26H37N5O7/c1-6-14(2)21(24(36)29-18(22(27)34)12-20(32)33)31-23(35)19(30-25(37)38-26(3,4)5)11-15-13-28-17-10-8-7-9-16(15)17/h7-10,13-14,18-19,21,28H,6,11-12H2,1-5H3,(H2,27,34)(H,29,36)(H,30,37)(H,31,35)(H,32,33)/t14?,18-,19-,21-/m0/s1. The lowest BCUT2D eigenvalue weighted by Crippen LogP contribution is -2.59. The van der Waals surface area contributed by atoms with Crippen molar-refractivity contribution in [2.45, 2.75) is 77.6 Å². The largest absolute Gasteiger partial charge is 0.481 e. The molecule has 4 amide bonds. The molecule has 0 saturated heterocycles. The second kappa shape index (κ2) is 12.9. The van der Waals surface area contributed by atoms with Gasteiger partial charge in [-0.3, -0.25) is 19.2 Å². The molecule has 1 heterocycles. The van der Waals surface area contributed by atoms with Gasteiger partial charge < -0.3 is 36.5 Å². The summed E-state index contributed by atoms with van der Waals surface area (Å²) in [5, 5.41) is 17.5. The van der Waals surface area contributed by atoms with Gasteiger partial charge in [-0.05, 0) is 38.3 Å². The number of H-pyrrole nitrogens is 1. The molecule has 0 saturated carbocycles. The molecule has 1 unspecified atom stereocenters. The first-order valence-corrected chi connectivity index (χ1v) is 12.4. The predicted molar refractivity (Wildman–Crippen MR) is 140 cm³/mol. The van der Waals surface area contributed by atoms with Gasteiger partial charge in [0.05, 0.1) is 6.42 Å². The van der Waals surface area contributed by atoms with Gasteiger partial charge in [0.25, 0.3) is 0 Å². The molecule has 208 valence electrons. The summed E-state index contributed by atoms with van der Waals surface area (Å²) in [5.41, 5.74) is 6.06. The fraction of sp³-hybridized carbons (Fsp3) is 0.500. The minimum Gasteiger partial charge on any atom is -0.481 e. The maximum absolute atomic E-state index is 13.5. The zero-order valence-corrected chi connectivity index (χ0v) is 22.3. The van der Waals surface area contributed by atoms with Crippen LogP contribution < -0.4 is 21.7 Å². The molecule has 12 nitrogen and oxygen atoms in total. The number of para-hydroxylation sites is 1. The average molecular weight is 532 g/mol. The number of amides is 4. The van der Waals surface area contributed by atoms with Crippen molar-refractivity contribution in [3.8, 4) is 0 Å². The molecule has 0 bridgehead atoms. The van der Waals surface area contributed by atoms with Crippen LogP contribution in [0.2, 0.25) is 0 Å². The van der Waals surface area contributed by atoms with E-state index in [1.165, 1.54) is 0 Å². The number of carboxylic acids is 1. The first-order valence-electron chi connectivity index (χ1n) is 12.4. The van der Waals surface area contributed by atoms with E-state index in [-0.39, 0.29) is 6.42 Å². The lowest BCUT2D eigenvalue weighted by Gasteiger charge is -2.28. The molecule has 0 fully saturated rings. The van der Waals surface area contributed by atoms with Gasteiger partial charge in [0.15, 0.2) is 0 Å². The smallest absolute Gasteiger partial charge is 0.408 e. The van der Waals surface area contributed by atoms with Crippen LogP contribution in [0.4, 0.5) is 4.79 Å². The monoisotopic (exact) mass is 531 g/mol. The molecule has 1 aromatic carbocycles. The van der Waals surface area contributed by atoms with Gasteiger partial charge in [-0.1, -0.05) is 38.5 Å². The number of rotatable bonds is 12. The number of nitrogens with two attached hydrogens (primary N) is 1. The van der Waals surface area contributed by atoms with Crippen LogP contribution >= 0.6 is 0 Å². The number of carbonyl (C=O) groups is 5. The summed E-state index contributed by atoms with van der Waals surface area (Å²) in [6.45, 7) is 8.60. The highest BCUT2D eigenvalue weighted by Gasteiger charge is 2.33. The fourth-order valence-electron chi connectivity index (χ4n) is 3.79. The first-order chi connectivity index (χ1) is 17.7. The molecule has 4 atom stereocenters. The Morgan fingerprint density at radius 1 is 1.03 bits per heavy atom. The lowest BCUT2D eigenvalue weighted by molar-refractivity contribution is -0.140. The summed E-state index contributed by atoms with van der Waals surface area (Å²) in [6.07, 6.45) is 0.797. The maximum Gasteiger partial charge on any atom is 0.408 e. The predicted octanol–water partition coefficient (Wildman–Crippen LogP) is 1.58. The molecular weight excluding hydrogens is 494 g/mol. The van der Waals surface area contributed by atoms with Crippen molar-refractivity contribution in [1.29, 1.82) is 0 Å². The second-order valence-corrected chi connectivity index (χ2v) is 10.2. The molecule has 0 aliphatic carbocycles. The summed E-state index contributed by atoms with van der Waals surface area (Å²) >= 11 is 0. The third-order valence-corrected chi connectivity index (χ3v) is 5.94. The Morgan fingerprint density at radius 3 is 2.26 bits per heavy atom. The molecule has 1 aromatic heterocycles. The van der Waals surface area contributed by atoms with Crippen LogP contribution in [-0.4, -0.2) is 63.6 Å². The minimum absolute atomic E-state index is 0.0901. The zero-order valence-electron chi connectivity index (χ0n) is 22.3. The van der Waals surface area contributed by atoms with Crippen molar-refractivity contribution in [2.75, 3.05) is 0 Å². The number of benzene rings is 1. The van der Waals surface area contributed by atoms with Gasteiger partial charge >= 0.3 is 12.1 Å². The van der Waals surface area contributed by atoms with Crippen molar-refractivity contribution >= 4 is 40.7 Å². The lowest BCUT2D eigenvalue weighted by atomic mass is 9.96. The molecule has 12 heteroatoms. The summed E-state index contributed by atoms with van der Waals surface area (Å²) in [6, 6.07) is 3.78. The van der Waals surface area contributed by atoms with Gasteiger partial charge in [-0.25, -0.2) is 4.79 Å². The molecule has 2 aromatic rings. The number of ether oxygens (including phenoxy) is 1. The Morgan fingerprint density at radius 2 is 1.68 bits per heavy atom. The normalized spacial score (nSPS) is 14.6. The fourth-order valence-corrected chi connectivity index (χ4v) is 3.79. The van der Waals surface area contributed by atoms with Crippen molar-refractivity contribution in [1.82, 2.24) is 20.9 Å². The number of fused-ring (bicyclic) bond motifs is 1. The number of hydrogen-bond acceptors (Lipinski definition) is 6. The van der Waals surface area contributed by atoms with Crippen LogP contribution in [-0.2, 0) is 30.3 Å². The SMILES string of the molecule is CCC(C)[C@H](NC(=O)[C@H](Cc1c[nH]c2ccccc12)NC(=O)OC(C)(C)C)C(=O)N[C@@H](CC(=O)O)C(N)=O. The molecule has 7 N–H and O–H groups in total. The van der Waals surface area contributed by atoms with Gasteiger partial charge in [-0.15, -0.1) is 0 Å². The van der Waals surface area contributed by atoms with E-state index in [2.05, 4.69) is 20.9 Å². The highest BCUT2D eigenvalue weighted by Crippen LogP contribution is 2.20. The number of primary amides is 1. The van der Waals surface area contributed by atoms with E-state index < -0.39 is 65.8 Å². The Labute approximate surface area is 221 Å². The first kappa shape index (κ1) is 30.1. The highest BCUT2D eigenvalue weighted by molar-refractivity contribution is 5.95. The Bertz CT molecular complexity index is 1170. The van der Waals surface area contributed by atoms with Crippen LogP contribution in [0.3, 0.4) is 0 Å². The topological polar surface area (TPSA) is 193 Å². The number of alkyl carbamates (subject to hydrolysis) is 1. The van der Waals surface area contributed by atoms with Gasteiger partial charge in [0, 0.05) is 23.5 Å². The minimum atomic E-state index is -1.45. The van der Waals surface area contributed by atoms with E-state index in [9.17, 15) is 24.0 Å². The van der Waals surface area contributed by atoms with E-state index in [0.717, 1.165) is 16.5 Å². The maximum atomic E-state index is 13.5. The van der Waals surface area contributed by atoms with Gasteiger partial charge in [0.2, 0.25) is 17.7 Å². The van der Waals surface area contributed by atoms with Crippen LogP contribution in [0.15, 0.2) is 30.5 Å². The van der Waals surface area contributed by atoms with Crippen LogP contribution in [0, 0.1) is 5.92 Å². The van der Waals surface area contributed by atoms with Crippen LogP contribution in [0.1, 0.15) is 53.0 Å². The number of carboxylic acid groups (broad SMARTS) is 1. The quantitative estimate of drug-likeness (QED) is 0.239. The molecule has 0 radical (unpaired) electrons. The molecular formula is C26H37N5O7. The Balaban J connectivity index is 2.31. The second-order valence-electron chi connectivity index (χ2n) is 10.2. The summed E-state index contributed by atoms with van der Waals surface area (Å²) in [4.78, 5) is 65.0. The summed E-state index contributed by atoms with van der Waals surface area (Å²) in [5.74, 6) is -4.15. The van der Waals surface area contributed by atoms with Crippen molar-refractivity contribution in [3.05, 3.63) is 36.0 Å². The van der Waals surface area contributed by atoms with Gasteiger partial charge in [0.1, 0.15) is 23.7 Å². The van der Waals surface area contributed by atoms with Crippen molar-refractivity contribution in [3.63, 3.8) is 0 Å². The number of aromatic amines is 1. The van der Waals surface area contributed by atoms with E-state index in [0.29, 0.717) is 6.42 Å². The number of nitrogens with one attached hydrogen (secondary N) is 4. The van der Waals surface area contributed by atoms with E-state index in [1.807, 2.05) is 31.2 Å². The van der Waals surface area contributed by atoms with E-state index in [1.54, 1.807) is 33.9 Å². The highest BCUT2D eigenvalue weighted by atomic mass is 16.6. The van der Waals surface area contributed by atoms with Crippen LogP contribution in [0.25, 0.3) is 10.9 Å². The average Bonchev–Trinajstić information content (AvgIpc) is 3.22. The summed E-state index contributed by atoms with van der Waals surface area (Å²) < 4.78 is 5.34. The molecule has 38 heavy (non-hydrogen) atoms. The Hall–Kier alpha value is -4.09. The third-order valence-electron chi connectivity index (χ3n) is 5.94. The van der Waals surface area contributed by atoms with Gasteiger partial charge in [-0.2, -0.15) is 0 Å². The number of carbonyl (C=O) groups excluding carboxylic acids is 4. The van der Waals surface area contributed by atoms with Crippen molar-refractivity contribution in [2.24, 2.45) is 11.7 Å². The molecule has 0 aliphatic heterocycles. The number of aromatic nitrogens is 1. The third kappa shape index (κ3) is 8.79. The van der Waals surface area contributed by atoms with E-state index in [4.69, 9.17) is 15.6 Å². The summed E-state index contributed by atoms with van der Waals surface area (Å²) in [7, 11) is 0. The number of hydrogen-bond donors (Lipinski definition) is 6. The van der Waals surface area contributed by atoms with Crippen LogP contribution in [0.5, 0.6) is 0 Å². The Kier molecular flexibility index (Phi) is 10.3. The molecule has 2 rings (SSSR count). The van der Waals surface area contributed by atoms with Crippen molar-refractivity contribution < 1.29 is 33.8 Å².